The van der Waals surface area contributed by atoms with Crippen molar-refractivity contribution in [1.82, 2.24) is 20.8 Å². The number of hydrogen-bond donors (Lipinski definition) is 2. The summed E-state index contributed by atoms with van der Waals surface area (Å²) in [5.74, 6) is 2.99. The van der Waals surface area contributed by atoms with Gasteiger partial charge in [0.2, 0.25) is 0 Å². The molecule has 146 valence electrons. The maximum absolute atomic E-state index is 5.37. The molecule has 2 aromatic heterocycles. The molecular weight excluding hydrogens is 340 g/mol. The van der Waals surface area contributed by atoms with Gasteiger partial charge in [0.25, 0.3) is 0 Å². The molecule has 1 saturated heterocycles. The molecule has 27 heavy (non-hydrogen) atoms. The smallest absolute Gasteiger partial charge is 0.191 e. The summed E-state index contributed by atoms with van der Waals surface area (Å²) >= 11 is 0. The Morgan fingerprint density at radius 1 is 1.26 bits per heavy atom. The second-order valence-corrected chi connectivity index (χ2v) is 7.14. The summed E-state index contributed by atoms with van der Waals surface area (Å²) < 4.78 is 5.37. The van der Waals surface area contributed by atoms with Gasteiger partial charge in [0, 0.05) is 31.9 Å². The van der Waals surface area contributed by atoms with Gasteiger partial charge in [-0.15, -0.1) is 0 Å². The molecular formula is C20H30N6O. The molecule has 0 atom stereocenters. The molecule has 2 aromatic rings. The van der Waals surface area contributed by atoms with Crippen LogP contribution < -0.4 is 15.5 Å². The zero-order valence-electron chi connectivity index (χ0n) is 16.5. The highest BCUT2D eigenvalue weighted by Crippen LogP contribution is 2.18. The highest BCUT2D eigenvalue weighted by molar-refractivity contribution is 5.79. The van der Waals surface area contributed by atoms with E-state index in [9.17, 15) is 0 Å². The summed E-state index contributed by atoms with van der Waals surface area (Å²) in [5.41, 5.74) is 2.06. The van der Waals surface area contributed by atoms with E-state index in [4.69, 9.17) is 4.52 Å². The van der Waals surface area contributed by atoms with Crippen molar-refractivity contribution >= 4 is 11.8 Å². The lowest BCUT2D eigenvalue weighted by molar-refractivity contribution is 0.372. The van der Waals surface area contributed by atoms with Crippen molar-refractivity contribution in [3.63, 3.8) is 0 Å². The van der Waals surface area contributed by atoms with E-state index in [0.29, 0.717) is 19.0 Å². The third-order valence-corrected chi connectivity index (χ3v) is 4.60. The predicted molar refractivity (Wildman–Crippen MR) is 108 cm³/mol. The lowest BCUT2D eigenvalue weighted by Crippen LogP contribution is -2.36. The molecule has 1 fully saturated rings. The second kappa shape index (κ2) is 9.39. The van der Waals surface area contributed by atoms with Crippen LogP contribution in [0.3, 0.4) is 0 Å². The van der Waals surface area contributed by atoms with Crippen LogP contribution in [0.1, 0.15) is 56.5 Å². The molecule has 0 aliphatic carbocycles. The highest BCUT2D eigenvalue weighted by atomic mass is 16.5. The number of hydrogen-bond acceptors (Lipinski definition) is 5. The van der Waals surface area contributed by atoms with Crippen LogP contribution in [0.5, 0.6) is 0 Å². The fraction of sp³-hybridized carbons (Fsp3) is 0.550. The lowest BCUT2D eigenvalue weighted by atomic mass is 10.1. The van der Waals surface area contributed by atoms with Crippen LogP contribution in [-0.2, 0) is 13.1 Å². The van der Waals surface area contributed by atoms with Crippen LogP contribution in [-0.4, -0.2) is 35.7 Å². The Labute approximate surface area is 161 Å². The van der Waals surface area contributed by atoms with E-state index in [1.54, 1.807) is 0 Å². The molecule has 0 aromatic carbocycles. The fourth-order valence-corrected chi connectivity index (χ4v) is 3.01. The first-order chi connectivity index (χ1) is 13.2. The maximum atomic E-state index is 5.37. The molecule has 0 radical (unpaired) electrons. The molecule has 0 saturated carbocycles. The van der Waals surface area contributed by atoms with E-state index in [2.05, 4.69) is 63.6 Å². The van der Waals surface area contributed by atoms with Gasteiger partial charge in [0.15, 0.2) is 11.7 Å². The van der Waals surface area contributed by atoms with Gasteiger partial charge in [0.05, 0.1) is 18.8 Å². The van der Waals surface area contributed by atoms with Crippen molar-refractivity contribution in [3.8, 4) is 0 Å². The molecule has 7 heteroatoms. The van der Waals surface area contributed by atoms with E-state index in [1.807, 2.05) is 12.3 Å². The first-order valence-corrected chi connectivity index (χ1v) is 9.83. The fourth-order valence-electron chi connectivity index (χ4n) is 3.01. The Morgan fingerprint density at radius 3 is 2.70 bits per heavy atom. The molecule has 1 aliphatic rings. The van der Waals surface area contributed by atoms with Crippen molar-refractivity contribution in [1.29, 1.82) is 0 Å². The Hall–Kier alpha value is -2.57. The number of pyridine rings is 1. The summed E-state index contributed by atoms with van der Waals surface area (Å²) in [7, 11) is 0. The highest BCUT2D eigenvalue weighted by Gasteiger charge is 2.13. The SMILES string of the molecule is CCNC(=NCc1ccc(N2CCCC2)nc1)NCc1cc(C(C)C)no1. The minimum atomic E-state index is 0.362. The molecule has 7 nitrogen and oxygen atoms in total. The van der Waals surface area contributed by atoms with Crippen LogP contribution in [0, 0.1) is 0 Å². The summed E-state index contributed by atoms with van der Waals surface area (Å²) in [5, 5.41) is 10.6. The Bertz CT molecular complexity index is 731. The van der Waals surface area contributed by atoms with E-state index < -0.39 is 0 Å². The van der Waals surface area contributed by atoms with Crippen molar-refractivity contribution in [2.45, 2.75) is 52.6 Å². The van der Waals surface area contributed by atoms with Crippen molar-refractivity contribution in [2.24, 2.45) is 4.99 Å². The summed E-state index contributed by atoms with van der Waals surface area (Å²) in [6.07, 6.45) is 4.44. The average Bonchev–Trinajstić information content (AvgIpc) is 3.36. The number of aromatic nitrogens is 2. The molecule has 0 spiro atoms. The molecule has 0 unspecified atom stereocenters. The molecule has 3 heterocycles. The lowest BCUT2D eigenvalue weighted by Gasteiger charge is -2.16. The average molecular weight is 371 g/mol. The molecule has 3 rings (SSSR count). The van der Waals surface area contributed by atoms with E-state index >= 15 is 0 Å². The molecule has 0 amide bonds. The monoisotopic (exact) mass is 370 g/mol. The van der Waals surface area contributed by atoms with Crippen molar-refractivity contribution in [3.05, 3.63) is 41.4 Å². The van der Waals surface area contributed by atoms with Crippen LogP contribution in [0.4, 0.5) is 5.82 Å². The Balaban J connectivity index is 1.56. The number of anilines is 1. The molecule has 1 aliphatic heterocycles. The van der Waals surface area contributed by atoms with Crippen LogP contribution in [0.15, 0.2) is 33.9 Å². The Kier molecular flexibility index (Phi) is 6.68. The summed E-state index contributed by atoms with van der Waals surface area (Å²) in [4.78, 5) is 11.6. The Morgan fingerprint density at radius 2 is 2.07 bits per heavy atom. The van der Waals surface area contributed by atoms with Gasteiger partial charge in [0.1, 0.15) is 5.82 Å². The van der Waals surface area contributed by atoms with E-state index in [0.717, 1.165) is 48.4 Å². The summed E-state index contributed by atoms with van der Waals surface area (Å²) in [6, 6.07) is 6.19. The van der Waals surface area contributed by atoms with Gasteiger partial charge in [-0.2, -0.15) is 0 Å². The van der Waals surface area contributed by atoms with Gasteiger partial charge < -0.3 is 20.1 Å². The van der Waals surface area contributed by atoms with E-state index in [1.165, 1.54) is 12.8 Å². The maximum Gasteiger partial charge on any atom is 0.191 e. The van der Waals surface area contributed by atoms with E-state index in [-0.39, 0.29) is 0 Å². The number of rotatable bonds is 7. The largest absolute Gasteiger partial charge is 0.359 e. The topological polar surface area (TPSA) is 78.6 Å². The normalized spacial score (nSPS) is 14.8. The van der Waals surface area contributed by atoms with Gasteiger partial charge in [-0.25, -0.2) is 9.98 Å². The van der Waals surface area contributed by atoms with Crippen molar-refractivity contribution < 1.29 is 4.52 Å². The number of guanidine groups is 1. The zero-order chi connectivity index (χ0) is 19.1. The van der Waals surface area contributed by atoms with Crippen molar-refractivity contribution in [2.75, 3.05) is 24.5 Å². The van der Waals surface area contributed by atoms with Gasteiger partial charge in [-0.3, -0.25) is 0 Å². The third kappa shape index (κ3) is 5.45. The van der Waals surface area contributed by atoms with Crippen LogP contribution in [0.25, 0.3) is 0 Å². The van der Waals surface area contributed by atoms with Gasteiger partial charge in [-0.1, -0.05) is 25.1 Å². The van der Waals surface area contributed by atoms with Gasteiger partial charge in [-0.05, 0) is 37.3 Å². The minimum absolute atomic E-state index is 0.362. The molecule has 2 N–H and O–H groups in total. The van der Waals surface area contributed by atoms with Gasteiger partial charge >= 0.3 is 0 Å². The standard InChI is InChI=1S/C20H30N6O/c1-4-21-20(24-14-17-11-18(15(2)3)25-27-17)23-13-16-7-8-19(22-12-16)26-9-5-6-10-26/h7-8,11-12,15H,4-6,9-10,13-14H2,1-3H3,(H2,21,23,24). The minimum Gasteiger partial charge on any atom is -0.359 e. The number of nitrogens with zero attached hydrogens (tertiary/aromatic N) is 4. The quantitative estimate of drug-likeness (QED) is 0.576. The first kappa shape index (κ1) is 19.2. The third-order valence-electron chi connectivity index (χ3n) is 4.60. The van der Waals surface area contributed by atoms with Crippen LogP contribution >= 0.6 is 0 Å². The predicted octanol–water partition coefficient (Wildman–Crippen LogP) is 3.05. The second-order valence-electron chi connectivity index (χ2n) is 7.14. The summed E-state index contributed by atoms with van der Waals surface area (Å²) in [6.45, 7) is 10.4. The number of aliphatic imine (C=N–C) groups is 1. The van der Waals surface area contributed by atoms with Crippen LogP contribution in [0.2, 0.25) is 0 Å². The first-order valence-electron chi connectivity index (χ1n) is 9.83. The molecule has 0 bridgehead atoms. The zero-order valence-corrected chi connectivity index (χ0v) is 16.5. The number of nitrogens with one attached hydrogen (secondary N) is 2.